The first-order valence-electron chi connectivity index (χ1n) is 5.40. The molecule has 0 unspecified atom stereocenters. The number of nitrogens with one attached hydrogen (secondary N) is 1. The normalized spacial score (nSPS) is 9.83. The summed E-state index contributed by atoms with van der Waals surface area (Å²) in [5.74, 6) is -0.511. The zero-order chi connectivity index (χ0) is 13.5. The van der Waals surface area contributed by atoms with Crippen LogP contribution < -0.4 is 16.8 Å². The predicted molar refractivity (Wildman–Crippen MR) is 66.9 cm³/mol. The highest BCUT2D eigenvalue weighted by Crippen LogP contribution is 2.16. The van der Waals surface area contributed by atoms with Gasteiger partial charge >= 0.3 is 5.97 Å². The minimum absolute atomic E-state index is 0.261. The molecule has 0 atom stereocenters. The van der Waals surface area contributed by atoms with E-state index >= 15 is 0 Å². The van der Waals surface area contributed by atoms with Gasteiger partial charge in [-0.15, -0.1) is 0 Å². The number of carbonyl (C=O) groups excluding carboxylic acids is 2. The molecule has 1 rings (SSSR count). The van der Waals surface area contributed by atoms with E-state index in [4.69, 9.17) is 11.5 Å². The second kappa shape index (κ2) is 6.43. The van der Waals surface area contributed by atoms with Gasteiger partial charge in [-0.05, 0) is 12.5 Å². The van der Waals surface area contributed by atoms with Crippen molar-refractivity contribution in [3.8, 4) is 0 Å². The Labute approximate surface area is 105 Å². The van der Waals surface area contributed by atoms with Crippen molar-refractivity contribution in [3.05, 3.63) is 17.8 Å². The molecule has 7 heteroatoms. The van der Waals surface area contributed by atoms with E-state index < -0.39 is 5.97 Å². The maximum Gasteiger partial charge on any atom is 0.341 e. The predicted octanol–water partition coefficient (Wildman–Crippen LogP) is 0.128. The molecule has 0 saturated heterocycles. The third-order valence-corrected chi connectivity index (χ3v) is 2.21. The molecule has 1 aromatic rings. The molecule has 0 aromatic carbocycles. The largest absolute Gasteiger partial charge is 0.465 e. The van der Waals surface area contributed by atoms with Gasteiger partial charge in [0.1, 0.15) is 11.4 Å². The summed E-state index contributed by atoms with van der Waals surface area (Å²) >= 11 is 0. The highest BCUT2D eigenvalue weighted by atomic mass is 16.5. The number of esters is 1. The molecule has 0 aliphatic carbocycles. The maximum atomic E-state index is 11.5. The van der Waals surface area contributed by atoms with Gasteiger partial charge in [0.25, 0.3) is 0 Å². The average Bonchev–Trinajstić information content (AvgIpc) is 2.34. The quantitative estimate of drug-likeness (QED) is 0.488. The Bertz CT molecular complexity index is 448. The van der Waals surface area contributed by atoms with E-state index in [1.54, 1.807) is 0 Å². The van der Waals surface area contributed by atoms with Crippen LogP contribution in [-0.4, -0.2) is 30.5 Å². The first-order chi connectivity index (χ1) is 8.54. The Kier molecular flexibility index (Phi) is 4.91. The molecule has 0 aliphatic heterocycles. The third-order valence-electron chi connectivity index (χ3n) is 2.21. The lowest BCUT2D eigenvalue weighted by molar-refractivity contribution is -0.118. The molecule has 1 aromatic heterocycles. The van der Waals surface area contributed by atoms with Gasteiger partial charge in [0.2, 0.25) is 5.91 Å². The topological polar surface area (TPSA) is 120 Å². The van der Waals surface area contributed by atoms with Gasteiger partial charge in [0, 0.05) is 13.0 Å². The maximum absolute atomic E-state index is 11.5. The van der Waals surface area contributed by atoms with Gasteiger partial charge in [0.05, 0.1) is 19.0 Å². The number of carbonyl (C=O) groups is 2. The van der Waals surface area contributed by atoms with Gasteiger partial charge in [-0.25, -0.2) is 9.78 Å². The molecule has 18 heavy (non-hydrogen) atoms. The van der Waals surface area contributed by atoms with Crippen LogP contribution in [0, 0.1) is 0 Å². The average molecular weight is 252 g/mol. The van der Waals surface area contributed by atoms with Crippen LogP contribution in [0.2, 0.25) is 0 Å². The zero-order valence-electron chi connectivity index (χ0n) is 10.1. The number of nitrogens with two attached hydrogens (primary N) is 2. The van der Waals surface area contributed by atoms with Crippen LogP contribution >= 0.6 is 0 Å². The number of nitrogen functional groups attached to an aromatic ring is 1. The van der Waals surface area contributed by atoms with Gasteiger partial charge in [-0.1, -0.05) is 0 Å². The monoisotopic (exact) mass is 252 g/mol. The fourth-order valence-corrected chi connectivity index (χ4v) is 1.36. The van der Waals surface area contributed by atoms with E-state index in [9.17, 15) is 9.59 Å². The molecule has 0 saturated carbocycles. The van der Waals surface area contributed by atoms with E-state index in [1.807, 2.05) is 0 Å². The summed E-state index contributed by atoms with van der Waals surface area (Å²) in [6, 6.07) is 1.48. The van der Waals surface area contributed by atoms with Crippen molar-refractivity contribution < 1.29 is 14.3 Å². The van der Waals surface area contributed by atoms with Crippen molar-refractivity contribution in [2.24, 2.45) is 5.73 Å². The number of pyridine rings is 1. The molecule has 0 aliphatic rings. The van der Waals surface area contributed by atoms with E-state index in [0.29, 0.717) is 24.5 Å². The summed E-state index contributed by atoms with van der Waals surface area (Å²) < 4.78 is 4.63. The summed E-state index contributed by atoms with van der Waals surface area (Å²) in [6.07, 6.45) is 2.26. The Morgan fingerprint density at radius 2 is 2.22 bits per heavy atom. The van der Waals surface area contributed by atoms with Gasteiger partial charge < -0.3 is 21.5 Å². The molecular weight excluding hydrogens is 236 g/mol. The number of ether oxygens (including phenoxy) is 1. The van der Waals surface area contributed by atoms with Crippen molar-refractivity contribution in [1.29, 1.82) is 0 Å². The first-order valence-corrected chi connectivity index (χ1v) is 5.40. The molecule has 1 heterocycles. The van der Waals surface area contributed by atoms with Gasteiger partial charge in [0.15, 0.2) is 0 Å². The third kappa shape index (κ3) is 3.93. The first kappa shape index (κ1) is 13.8. The number of hydrogen-bond acceptors (Lipinski definition) is 6. The molecular formula is C11H16N4O3. The van der Waals surface area contributed by atoms with Crippen LogP contribution in [0.5, 0.6) is 0 Å². The number of amides is 1. The second-order valence-corrected chi connectivity index (χ2v) is 3.65. The summed E-state index contributed by atoms with van der Waals surface area (Å²) in [5.41, 5.74) is 11.2. The second-order valence-electron chi connectivity index (χ2n) is 3.65. The standard InChI is InChI=1S/C11H16N4O3/c1-18-11(17)8-5-7(12)6-15-10(8)14-4-2-3-9(13)16/h5-6H,2-4,12H2,1H3,(H2,13,16)(H,14,15). The van der Waals surface area contributed by atoms with Crippen LogP contribution in [0.25, 0.3) is 0 Å². The number of anilines is 2. The Hall–Kier alpha value is -2.31. The number of aromatic nitrogens is 1. The van der Waals surface area contributed by atoms with Crippen LogP contribution in [0.3, 0.4) is 0 Å². The van der Waals surface area contributed by atoms with Crippen molar-refractivity contribution in [1.82, 2.24) is 4.98 Å². The summed E-state index contributed by atoms with van der Waals surface area (Å²) in [4.78, 5) is 26.1. The van der Waals surface area contributed by atoms with E-state index in [0.717, 1.165) is 0 Å². The number of nitrogens with zero attached hydrogens (tertiary/aromatic N) is 1. The fraction of sp³-hybridized carbons (Fsp3) is 0.364. The summed E-state index contributed by atoms with van der Waals surface area (Å²) in [6.45, 7) is 0.476. The molecule has 1 amide bonds. The lowest BCUT2D eigenvalue weighted by Crippen LogP contribution is -2.15. The number of methoxy groups -OCH3 is 1. The SMILES string of the molecule is COC(=O)c1cc(N)cnc1NCCCC(N)=O. The molecule has 0 spiro atoms. The van der Waals surface area contributed by atoms with Crippen molar-refractivity contribution in [3.63, 3.8) is 0 Å². The van der Waals surface area contributed by atoms with E-state index in [-0.39, 0.29) is 17.9 Å². The minimum atomic E-state index is -0.521. The summed E-state index contributed by atoms with van der Waals surface area (Å²) in [7, 11) is 1.28. The molecule has 0 fully saturated rings. The van der Waals surface area contributed by atoms with E-state index in [2.05, 4.69) is 15.0 Å². The molecule has 98 valence electrons. The molecule has 0 bridgehead atoms. The van der Waals surface area contributed by atoms with E-state index in [1.165, 1.54) is 19.4 Å². The molecule has 7 nitrogen and oxygen atoms in total. The Morgan fingerprint density at radius 3 is 2.83 bits per heavy atom. The van der Waals surface area contributed by atoms with Gasteiger partial charge in [-0.3, -0.25) is 4.79 Å². The highest BCUT2D eigenvalue weighted by molar-refractivity contribution is 5.95. The smallest absolute Gasteiger partial charge is 0.341 e. The van der Waals surface area contributed by atoms with Crippen molar-refractivity contribution >= 4 is 23.4 Å². The van der Waals surface area contributed by atoms with Crippen LogP contribution in [0.1, 0.15) is 23.2 Å². The number of hydrogen-bond donors (Lipinski definition) is 3. The van der Waals surface area contributed by atoms with Crippen LogP contribution in [-0.2, 0) is 9.53 Å². The van der Waals surface area contributed by atoms with Crippen molar-refractivity contribution in [2.45, 2.75) is 12.8 Å². The minimum Gasteiger partial charge on any atom is -0.465 e. The molecule has 5 N–H and O–H groups in total. The fourth-order valence-electron chi connectivity index (χ4n) is 1.36. The highest BCUT2D eigenvalue weighted by Gasteiger charge is 2.13. The number of rotatable bonds is 6. The van der Waals surface area contributed by atoms with Crippen LogP contribution in [0.15, 0.2) is 12.3 Å². The Balaban J connectivity index is 2.69. The Morgan fingerprint density at radius 1 is 1.50 bits per heavy atom. The van der Waals surface area contributed by atoms with Gasteiger partial charge in [-0.2, -0.15) is 0 Å². The zero-order valence-corrected chi connectivity index (χ0v) is 10.1. The summed E-state index contributed by atoms with van der Waals surface area (Å²) in [5, 5.41) is 2.94. The molecule has 0 radical (unpaired) electrons. The lowest BCUT2D eigenvalue weighted by atomic mass is 10.2. The number of primary amides is 1. The van der Waals surface area contributed by atoms with Crippen molar-refractivity contribution in [2.75, 3.05) is 24.7 Å². The van der Waals surface area contributed by atoms with Crippen LogP contribution in [0.4, 0.5) is 11.5 Å². The lowest BCUT2D eigenvalue weighted by Gasteiger charge is -2.09.